The van der Waals surface area contributed by atoms with E-state index in [2.05, 4.69) is 25.7 Å². The Bertz CT molecular complexity index is 500. The lowest BCUT2D eigenvalue weighted by Crippen LogP contribution is -2.54. The molecule has 0 aromatic heterocycles. The van der Waals surface area contributed by atoms with Crippen molar-refractivity contribution in [2.24, 2.45) is 0 Å². The Labute approximate surface area is 119 Å². The highest BCUT2D eigenvalue weighted by Crippen LogP contribution is 2.24. The third-order valence-corrected chi connectivity index (χ3v) is 3.73. The molecule has 5 nitrogen and oxygen atoms in total. The molecule has 2 rings (SSSR count). The number of carbonyl (C=O) groups excluding carboxylic acids is 1. The highest BCUT2D eigenvalue weighted by Gasteiger charge is 2.29. The molecule has 0 aliphatic carbocycles. The topological polar surface area (TPSA) is 64.0 Å². The van der Waals surface area contributed by atoms with Crippen molar-refractivity contribution in [2.75, 3.05) is 26.2 Å². The van der Waals surface area contributed by atoms with E-state index in [0.29, 0.717) is 13.1 Å². The molecular weight excluding hydrogens is 256 g/mol. The van der Waals surface area contributed by atoms with E-state index in [9.17, 15) is 15.0 Å². The van der Waals surface area contributed by atoms with Crippen LogP contribution in [-0.4, -0.2) is 57.6 Å². The molecular formula is C15H22N2O3. The fourth-order valence-electron chi connectivity index (χ4n) is 2.45. The first-order chi connectivity index (χ1) is 9.29. The minimum atomic E-state index is -0.230. The maximum absolute atomic E-state index is 12.4. The monoisotopic (exact) mass is 278 g/mol. The smallest absolute Gasteiger partial charge is 0.257 e. The molecule has 20 heavy (non-hydrogen) atoms. The summed E-state index contributed by atoms with van der Waals surface area (Å²) < 4.78 is 0. The van der Waals surface area contributed by atoms with Gasteiger partial charge in [-0.15, -0.1) is 0 Å². The molecule has 1 heterocycles. The van der Waals surface area contributed by atoms with Crippen LogP contribution in [0.5, 0.6) is 11.5 Å². The number of nitrogens with zero attached hydrogens (tertiary/aromatic N) is 2. The Morgan fingerprint density at radius 3 is 2.25 bits per heavy atom. The average molecular weight is 278 g/mol. The van der Waals surface area contributed by atoms with E-state index in [1.165, 1.54) is 18.2 Å². The summed E-state index contributed by atoms with van der Waals surface area (Å²) in [5, 5.41) is 19.2. The summed E-state index contributed by atoms with van der Waals surface area (Å²) >= 11 is 0. The Hall–Kier alpha value is -1.75. The summed E-state index contributed by atoms with van der Waals surface area (Å²) in [4.78, 5) is 16.4. The predicted molar refractivity (Wildman–Crippen MR) is 77.0 cm³/mol. The van der Waals surface area contributed by atoms with Crippen LogP contribution in [0.1, 0.15) is 31.1 Å². The number of phenolic OH excluding ortho intramolecular Hbond substituents is 2. The number of piperazine rings is 1. The molecule has 1 saturated heterocycles. The number of benzene rings is 1. The third-order valence-electron chi connectivity index (χ3n) is 3.73. The first-order valence-corrected chi connectivity index (χ1v) is 6.85. The number of aromatic hydroxyl groups is 2. The van der Waals surface area contributed by atoms with Gasteiger partial charge in [-0.3, -0.25) is 9.69 Å². The van der Waals surface area contributed by atoms with E-state index in [1.54, 1.807) is 4.90 Å². The van der Waals surface area contributed by atoms with Crippen molar-refractivity contribution in [1.29, 1.82) is 0 Å². The molecule has 1 aromatic carbocycles. The van der Waals surface area contributed by atoms with Crippen molar-refractivity contribution >= 4 is 5.91 Å². The molecule has 110 valence electrons. The molecule has 1 aromatic rings. The summed E-state index contributed by atoms with van der Waals surface area (Å²) in [5.41, 5.74) is 0.261. The SMILES string of the molecule is CC(C)(C)N1CCN(C(=O)c2cc(O)ccc2O)CC1. The Kier molecular flexibility index (Phi) is 3.90. The van der Waals surface area contributed by atoms with Gasteiger partial charge in [0.1, 0.15) is 11.5 Å². The number of rotatable bonds is 1. The molecule has 1 amide bonds. The largest absolute Gasteiger partial charge is 0.508 e. The van der Waals surface area contributed by atoms with Crippen molar-refractivity contribution in [1.82, 2.24) is 9.80 Å². The van der Waals surface area contributed by atoms with E-state index in [4.69, 9.17) is 0 Å². The zero-order valence-corrected chi connectivity index (χ0v) is 12.3. The van der Waals surface area contributed by atoms with Gasteiger partial charge in [0.05, 0.1) is 5.56 Å². The molecule has 0 atom stereocenters. The number of hydrogen-bond donors (Lipinski definition) is 2. The lowest BCUT2D eigenvalue weighted by molar-refractivity contribution is 0.0448. The van der Waals surface area contributed by atoms with Gasteiger partial charge in [-0.1, -0.05) is 0 Å². The second-order valence-corrected chi connectivity index (χ2v) is 6.15. The molecule has 0 bridgehead atoms. The van der Waals surface area contributed by atoms with Crippen LogP contribution in [0.15, 0.2) is 18.2 Å². The lowest BCUT2D eigenvalue weighted by atomic mass is 10.0. The highest BCUT2D eigenvalue weighted by molar-refractivity contribution is 5.97. The number of carbonyl (C=O) groups is 1. The summed E-state index contributed by atoms with van der Waals surface area (Å²) in [6, 6.07) is 4.02. The standard InChI is InChI=1S/C15H22N2O3/c1-15(2,3)17-8-6-16(7-9-17)14(20)12-10-11(18)4-5-13(12)19/h4-5,10,18-19H,6-9H2,1-3H3. The summed E-state index contributed by atoms with van der Waals surface area (Å²) in [6.45, 7) is 9.36. The van der Waals surface area contributed by atoms with Gasteiger partial charge in [0.2, 0.25) is 0 Å². The van der Waals surface area contributed by atoms with Crippen molar-refractivity contribution in [2.45, 2.75) is 26.3 Å². The molecule has 0 spiro atoms. The molecule has 2 N–H and O–H groups in total. The Balaban J connectivity index is 2.07. The minimum absolute atomic E-state index is 0.0144. The Morgan fingerprint density at radius 2 is 1.70 bits per heavy atom. The van der Waals surface area contributed by atoms with Gasteiger partial charge in [0.15, 0.2) is 0 Å². The van der Waals surface area contributed by atoms with E-state index >= 15 is 0 Å². The normalized spacial score (nSPS) is 17.2. The quantitative estimate of drug-likeness (QED) is 0.767. The second-order valence-electron chi connectivity index (χ2n) is 6.15. The fourth-order valence-corrected chi connectivity index (χ4v) is 2.45. The highest BCUT2D eigenvalue weighted by atomic mass is 16.3. The summed E-state index contributed by atoms with van der Waals surface area (Å²) in [7, 11) is 0. The van der Waals surface area contributed by atoms with Gasteiger partial charge in [-0.2, -0.15) is 0 Å². The third kappa shape index (κ3) is 3.04. The molecule has 0 saturated carbocycles. The number of amides is 1. The minimum Gasteiger partial charge on any atom is -0.508 e. The van der Waals surface area contributed by atoms with E-state index in [0.717, 1.165) is 13.1 Å². The zero-order valence-electron chi connectivity index (χ0n) is 12.3. The zero-order chi connectivity index (χ0) is 14.9. The van der Waals surface area contributed by atoms with Crippen LogP contribution in [0, 0.1) is 0 Å². The Morgan fingerprint density at radius 1 is 1.10 bits per heavy atom. The lowest BCUT2D eigenvalue weighted by Gasteiger charge is -2.42. The van der Waals surface area contributed by atoms with Crippen LogP contribution in [0.3, 0.4) is 0 Å². The van der Waals surface area contributed by atoms with Crippen molar-refractivity contribution in [3.63, 3.8) is 0 Å². The second kappa shape index (κ2) is 5.32. The fraction of sp³-hybridized carbons (Fsp3) is 0.533. The number of hydrogen-bond acceptors (Lipinski definition) is 4. The molecule has 1 aliphatic heterocycles. The maximum atomic E-state index is 12.4. The van der Waals surface area contributed by atoms with Gasteiger partial charge in [0, 0.05) is 31.7 Å². The van der Waals surface area contributed by atoms with Gasteiger partial charge in [0.25, 0.3) is 5.91 Å². The van der Waals surface area contributed by atoms with E-state index in [1.807, 2.05) is 0 Å². The van der Waals surface area contributed by atoms with Crippen LogP contribution in [0.2, 0.25) is 0 Å². The summed E-state index contributed by atoms with van der Waals surface area (Å²) in [5.74, 6) is -0.336. The van der Waals surface area contributed by atoms with Crippen LogP contribution in [-0.2, 0) is 0 Å². The van der Waals surface area contributed by atoms with Gasteiger partial charge in [-0.05, 0) is 39.0 Å². The summed E-state index contributed by atoms with van der Waals surface area (Å²) in [6.07, 6.45) is 0. The van der Waals surface area contributed by atoms with Crippen molar-refractivity contribution in [3.05, 3.63) is 23.8 Å². The van der Waals surface area contributed by atoms with E-state index < -0.39 is 0 Å². The van der Waals surface area contributed by atoms with E-state index in [-0.39, 0.29) is 28.5 Å². The van der Waals surface area contributed by atoms with Crippen LogP contribution in [0.25, 0.3) is 0 Å². The average Bonchev–Trinajstić information content (AvgIpc) is 2.40. The van der Waals surface area contributed by atoms with Gasteiger partial charge < -0.3 is 15.1 Å². The molecule has 5 heteroatoms. The van der Waals surface area contributed by atoms with Crippen molar-refractivity contribution in [3.8, 4) is 11.5 Å². The molecule has 0 unspecified atom stereocenters. The molecule has 1 aliphatic rings. The molecule has 1 fully saturated rings. The van der Waals surface area contributed by atoms with Crippen LogP contribution >= 0.6 is 0 Å². The van der Waals surface area contributed by atoms with Crippen LogP contribution in [0.4, 0.5) is 0 Å². The number of phenols is 2. The first-order valence-electron chi connectivity index (χ1n) is 6.85. The predicted octanol–water partition coefficient (Wildman–Crippen LogP) is 1.65. The van der Waals surface area contributed by atoms with Crippen LogP contribution < -0.4 is 0 Å². The first kappa shape index (κ1) is 14.7. The molecule has 0 radical (unpaired) electrons. The maximum Gasteiger partial charge on any atom is 0.257 e. The van der Waals surface area contributed by atoms with Crippen molar-refractivity contribution < 1.29 is 15.0 Å². The van der Waals surface area contributed by atoms with Gasteiger partial charge >= 0.3 is 0 Å². The van der Waals surface area contributed by atoms with Gasteiger partial charge in [-0.25, -0.2) is 0 Å².